The molecule has 0 aliphatic rings. The Morgan fingerprint density at radius 2 is 2.03 bits per heavy atom. The number of fused-ring (bicyclic) bond motifs is 1. The van der Waals surface area contributed by atoms with Crippen LogP contribution in [-0.4, -0.2) is 39.6 Å². The van der Waals surface area contributed by atoms with Gasteiger partial charge in [0.05, 0.1) is 6.10 Å². The van der Waals surface area contributed by atoms with E-state index >= 15 is 0 Å². The van der Waals surface area contributed by atoms with Crippen LogP contribution < -0.4 is 10.1 Å². The number of nitrogens with one attached hydrogen (secondary N) is 1. The van der Waals surface area contributed by atoms with Crippen LogP contribution in [0.1, 0.15) is 38.2 Å². The van der Waals surface area contributed by atoms with E-state index in [1.165, 1.54) is 12.4 Å². The van der Waals surface area contributed by atoms with Crippen LogP contribution in [0.15, 0.2) is 59.8 Å². The third-order valence-electron chi connectivity index (χ3n) is 4.91. The van der Waals surface area contributed by atoms with Crippen LogP contribution >= 0.6 is 0 Å². The first-order chi connectivity index (χ1) is 16.0. The van der Waals surface area contributed by atoms with Gasteiger partial charge < -0.3 is 19.6 Å². The van der Waals surface area contributed by atoms with Crippen molar-refractivity contribution in [3.8, 4) is 17.2 Å². The van der Waals surface area contributed by atoms with Crippen molar-refractivity contribution in [1.29, 1.82) is 0 Å². The lowest BCUT2D eigenvalue weighted by Gasteiger charge is -2.14. The Bertz CT molecular complexity index is 1140. The number of nitrogens with zero attached hydrogens (tertiary/aromatic N) is 2. The molecule has 172 valence electrons. The first kappa shape index (κ1) is 23.7. The molecule has 0 bridgehead atoms. The van der Waals surface area contributed by atoms with Crippen LogP contribution in [0.25, 0.3) is 28.5 Å². The van der Waals surface area contributed by atoms with Gasteiger partial charge >= 0.3 is 5.97 Å². The summed E-state index contributed by atoms with van der Waals surface area (Å²) in [4.78, 5) is 31.4. The third kappa shape index (κ3) is 6.52. The number of hydrogen-bond donors (Lipinski definition) is 2. The van der Waals surface area contributed by atoms with E-state index in [0.717, 1.165) is 12.0 Å². The van der Waals surface area contributed by atoms with Crippen molar-refractivity contribution in [2.24, 2.45) is 0 Å². The molecular formula is C25H27N3O5. The van der Waals surface area contributed by atoms with Gasteiger partial charge in [0.2, 0.25) is 17.5 Å². The summed E-state index contributed by atoms with van der Waals surface area (Å²) in [6, 6.07) is 9.52. The molecule has 0 radical (unpaired) electrons. The molecule has 0 unspecified atom stereocenters. The number of benzene rings is 1. The quantitative estimate of drug-likeness (QED) is 0.236. The fraction of sp³-hybridized carbons (Fsp3) is 0.280. The van der Waals surface area contributed by atoms with Crippen LogP contribution in [-0.2, 0) is 9.59 Å². The van der Waals surface area contributed by atoms with E-state index in [2.05, 4.69) is 21.9 Å². The van der Waals surface area contributed by atoms with Gasteiger partial charge in [-0.25, -0.2) is 9.97 Å². The highest BCUT2D eigenvalue weighted by Crippen LogP contribution is 2.38. The van der Waals surface area contributed by atoms with E-state index in [1.54, 1.807) is 12.2 Å². The average Bonchev–Trinajstić information content (AvgIpc) is 3.19. The summed E-state index contributed by atoms with van der Waals surface area (Å²) in [5.41, 5.74) is 1.82. The number of furan rings is 1. The molecule has 2 N–H and O–H groups in total. The van der Waals surface area contributed by atoms with Gasteiger partial charge in [-0.1, -0.05) is 36.4 Å². The van der Waals surface area contributed by atoms with E-state index in [4.69, 9.17) is 14.3 Å². The maximum atomic E-state index is 12.2. The highest BCUT2D eigenvalue weighted by atomic mass is 16.5. The molecule has 1 amide bonds. The summed E-state index contributed by atoms with van der Waals surface area (Å²) < 4.78 is 12.1. The Morgan fingerprint density at radius 3 is 2.76 bits per heavy atom. The summed E-state index contributed by atoms with van der Waals surface area (Å²) in [7, 11) is 0. The number of carbonyl (C=O) groups excluding carboxylic acids is 1. The fourth-order valence-electron chi connectivity index (χ4n) is 3.33. The van der Waals surface area contributed by atoms with Crippen LogP contribution in [0.4, 0.5) is 0 Å². The number of ether oxygens (including phenoxy) is 1. The minimum Gasteiger partial charge on any atom is -0.481 e. The molecule has 3 rings (SSSR count). The molecular weight excluding hydrogens is 422 g/mol. The maximum Gasteiger partial charge on any atom is 0.303 e. The second-order valence-corrected chi connectivity index (χ2v) is 7.51. The zero-order valence-corrected chi connectivity index (χ0v) is 18.5. The summed E-state index contributed by atoms with van der Waals surface area (Å²) in [6.07, 6.45) is 7.99. The molecule has 2 heterocycles. The maximum absolute atomic E-state index is 12.2. The van der Waals surface area contributed by atoms with Crippen molar-refractivity contribution in [3.63, 3.8) is 0 Å². The number of carbonyl (C=O) groups is 2. The van der Waals surface area contributed by atoms with Crippen molar-refractivity contribution in [2.75, 3.05) is 6.54 Å². The molecule has 33 heavy (non-hydrogen) atoms. The zero-order chi connectivity index (χ0) is 23.6. The van der Waals surface area contributed by atoms with Crippen LogP contribution in [0.5, 0.6) is 5.88 Å². The smallest absolute Gasteiger partial charge is 0.303 e. The summed E-state index contributed by atoms with van der Waals surface area (Å²) in [5.74, 6) is -0.170. The summed E-state index contributed by atoms with van der Waals surface area (Å²) >= 11 is 0. The highest BCUT2D eigenvalue weighted by Gasteiger charge is 2.21. The summed E-state index contributed by atoms with van der Waals surface area (Å²) in [6.45, 7) is 5.86. The van der Waals surface area contributed by atoms with Gasteiger partial charge in [0, 0.05) is 30.2 Å². The van der Waals surface area contributed by atoms with E-state index in [9.17, 15) is 9.59 Å². The van der Waals surface area contributed by atoms with Gasteiger partial charge in [0.15, 0.2) is 0 Å². The predicted octanol–water partition coefficient (Wildman–Crippen LogP) is 4.62. The van der Waals surface area contributed by atoms with E-state index in [1.807, 2.05) is 37.3 Å². The number of hydrogen-bond acceptors (Lipinski definition) is 6. The van der Waals surface area contributed by atoms with Gasteiger partial charge in [0.1, 0.15) is 17.5 Å². The van der Waals surface area contributed by atoms with E-state index < -0.39 is 5.97 Å². The first-order valence-electron chi connectivity index (χ1n) is 10.8. The molecule has 0 saturated heterocycles. The van der Waals surface area contributed by atoms with Crippen LogP contribution in [0, 0.1) is 0 Å². The van der Waals surface area contributed by atoms with Gasteiger partial charge in [-0.05, 0) is 32.3 Å². The second-order valence-electron chi connectivity index (χ2n) is 7.51. The Labute approximate surface area is 192 Å². The van der Waals surface area contributed by atoms with Gasteiger partial charge in [-0.15, -0.1) is 6.58 Å². The van der Waals surface area contributed by atoms with E-state index in [0.29, 0.717) is 47.7 Å². The topological polar surface area (TPSA) is 115 Å². The minimum atomic E-state index is -0.804. The Kier molecular flexibility index (Phi) is 8.35. The molecule has 0 aliphatic carbocycles. The molecule has 1 atom stereocenters. The lowest BCUT2D eigenvalue weighted by atomic mass is 10.1. The molecule has 3 aromatic rings. The third-order valence-corrected chi connectivity index (χ3v) is 4.91. The molecule has 2 aromatic heterocycles. The zero-order valence-electron chi connectivity index (χ0n) is 18.5. The van der Waals surface area contributed by atoms with Crippen molar-refractivity contribution >= 4 is 29.1 Å². The second kappa shape index (κ2) is 11.6. The fourth-order valence-corrected chi connectivity index (χ4v) is 3.33. The van der Waals surface area contributed by atoms with Gasteiger partial charge in [-0.2, -0.15) is 0 Å². The van der Waals surface area contributed by atoms with Crippen molar-refractivity contribution in [3.05, 3.63) is 61.0 Å². The largest absolute Gasteiger partial charge is 0.481 e. The molecule has 0 spiro atoms. The predicted molar refractivity (Wildman–Crippen MR) is 126 cm³/mol. The standard InChI is InChI=1S/C25H27N3O5/c1-3-15-26-20(29)14-13-19-22-24(32-17(2)9-7-8-12-21(30)31)27-16-28-25(22)33-23(19)18-10-5-4-6-11-18/h3-6,10-11,13-14,16-17H,1,7-9,12,15H2,2H3,(H,26,29)(H,30,31)/b14-13+/t17-/m1/s1. The first-order valence-corrected chi connectivity index (χ1v) is 10.8. The molecule has 0 aliphatic heterocycles. The lowest BCUT2D eigenvalue weighted by molar-refractivity contribution is -0.137. The van der Waals surface area contributed by atoms with Crippen molar-refractivity contribution in [1.82, 2.24) is 15.3 Å². The monoisotopic (exact) mass is 449 g/mol. The summed E-state index contributed by atoms with van der Waals surface area (Å²) in [5, 5.41) is 12.1. The molecule has 1 aromatic carbocycles. The van der Waals surface area contributed by atoms with Crippen molar-refractivity contribution in [2.45, 2.75) is 38.7 Å². The van der Waals surface area contributed by atoms with Crippen molar-refractivity contribution < 1.29 is 23.8 Å². The van der Waals surface area contributed by atoms with Gasteiger partial charge in [-0.3, -0.25) is 9.59 Å². The van der Waals surface area contributed by atoms with Crippen LogP contribution in [0.2, 0.25) is 0 Å². The molecule has 8 nitrogen and oxygen atoms in total. The number of amides is 1. The lowest BCUT2D eigenvalue weighted by Crippen LogP contribution is -2.20. The molecule has 8 heteroatoms. The number of aliphatic carboxylic acids is 1. The van der Waals surface area contributed by atoms with Gasteiger partial charge in [0.25, 0.3) is 0 Å². The minimum absolute atomic E-state index is 0.134. The Hall–Kier alpha value is -3.94. The van der Waals surface area contributed by atoms with E-state index in [-0.39, 0.29) is 18.4 Å². The number of unbranched alkanes of at least 4 members (excludes halogenated alkanes) is 1. The highest BCUT2D eigenvalue weighted by molar-refractivity contribution is 6.00. The Balaban J connectivity index is 1.94. The number of rotatable bonds is 12. The average molecular weight is 450 g/mol. The number of carboxylic acids is 1. The number of carboxylic acid groups (broad SMARTS) is 1. The SMILES string of the molecule is C=CCNC(=O)/C=C/c1c(-c2ccccc2)oc2ncnc(O[C@H](C)CCCCC(=O)O)c12. The molecule has 0 fully saturated rings. The normalized spacial score (nSPS) is 12.0. The molecule has 0 saturated carbocycles. The van der Waals surface area contributed by atoms with Crippen LogP contribution in [0.3, 0.4) is 0 Å². The Morgan fingerprint density at radius 1 is 1.24 bits per heavy atom. The number of aromatic nitrogens is 2.